The van der Waals surface area contributed by atoms with Crippen LogP contribution in [0.15, 0.2) is 48.5 Å². The zero-order chi connectivity index (χ0) is 16.1. The molecule has 2 rings (SSSR count). The topological polar surface area (TPSA) is 32.3 Å². The van der Waals surface area contributed by atoms with Crippen molar-refractivity contribution in [1.82, 2.24) is 0 Å². The zero-order valence-electron chi connectivity index (χ0n) is 13.8. The number of rotatable bonds is 5. The van der Waals surface area contributed by atoms with Gasteiger partial charge in [0, 0.05) is 29.5 Å². The summed E-state index contributed by atoms with van der Waals surface area (Å²) in [5.41, 5.74) is 3.68. The second kappa shape index (κ2) is 7.12. The molecule has 0 aliphatic rings. The van der Waals surface area contributed by atoms with Crippen molar-refractivity contribution < 1.29 is 4.79 Å². The molecule has 116 valence electrons. The Balaban J connectivity index is 2.12. The van der Waals surface area contributed by atoms with Crippen molar-refractivity contribution >= 4 is 17.3 Å². The predicted molar refractivity (Wildman–Crippen MR) is 93.7 cm³/mol. The van der Waals surface area contributed by atoms with Gasteiger partial charge < -0.3 is 10.2 Å². The van der Waals surface area contributed by atoms with Crippen molar-refractivity contribution in [2.24, 2.45) is 0 Å². The molecule has 3 heteroatoms. The molecular weight excluding hydrogens is 272 g/mol. The van der Waals surface area contributed by atoms with E-state index in [2.05, 4.69) is 43.1 Å². The van der Waals surface area contributed by atoms with Crippen LogP contribution >= 0.6 is 0 Å². The number of anilines is 2. The smallest absolute Gasteiger partial charge is 0.255 e. The van der Waals surface area contributed by atoms with E-state index in [1.807, 2.05) is 43.3 Å². The summed E-state index contributed by atoms with van der Waals surface area (Å²) in [6.45, 7) is 9.41. The molecule has 0 atom stereocenters. The maximum Gasteiger partial charge on any atom is 0.255 e. The first-order valence-corrected chi connectivity index (χ1v) is 7.76. The van der Waals surface area contributed by atoms with Crippen molar-refractivity contribution in [3.05, 3.63) is 59.7 Å². The maximum absolute atomic E-state index is 12.3. The molecule has 0 radical (unpaired) electrons. The SMILES string of the molecule is CCN(c1ccc(NC(=O)c2ccccc2C)cc1)C(C)C. The number of benzene rings is 2. The number of aryl methyl sites for hydroxylation is 1. The average molecular weight is 296 g/mol. The Morgan fingerprint density at radius 2 is 1.73 bits per heavy atom. The Bertz CT molecular complexity index is 632. The minimum Gasteiger partial charge on any atom is -0.369 e. The number of amides is 1. The predicted octanol–water partition coefficient (Wildman–Crippen LogP) is 4.48. The Hall–Kier alpha value is -2.29. The summed E-state index contributed by atoms with van der Waals surface area (Å²) in [4.78, 5) is 14.6. The highest BCUT2D eigenvalue weighted by Gasteiger charge is 2.10. The van der Waals surface area contributed by atoms with Gasteiger partial charge in [-0.15, -0.1) is 0 Å². The van der Waals surface area contributed by atoms with Crippen molar-refractivity contribution in [2.45, 2.75) is 33.7 Å². The molecule has 0 aliphatic carbocycles. The summed E-state index contributed by atoms with van der Waals surface area (Å²) < 4.78 is 0. The molecule has 0 aromatic heterocycles. The lowest BCUT2D eigenvalue weighted by Crippen LogP contribution is -2.30. The van der Waals surface area contributed by atoms with E-state index < -0.39 is 0 Å². The van der Waals surface area contributed by atoms with E-state index >= 15 is 0 Å². The summed E-state index contributed by atoms with van der Waals surface area (Å²) >= 11 is 0. The number of carbonyl (C=O) groups is 1. The van der Waals surface area contributed by atoms with Crippen LogP contribution in [0.4, 0.5) is 11.4 Å². The van der Waals surface area contributed by atoms with Gasteiger partial charge in [-0.1, -0.05) is 18.2 Å². The van der Waals surface area contributed by atoms with Gasteiger partial charge >= 0.3 is 0 Å². The fourth-order valence-electron chi connectivity index (χ4n) is 2.61. The normalized spacial score (nSPS) is 10.6. The van der Waals surface area contributed by atoms with Crippen LogP contribution in [0, 0.1) is 6.92 Å². The van der Waals surface area contributed by atoms with E-state index in [1.54, 1.807) is 0 Å². The van der Waals surface area contributed by atoms with Crippen molar-refractivity contribution in [3.63, 3.8) is 0 Å². The van der Waals surface area contributed by atoms with Crippen molar-refractivity contribution in [1.29, 1.82) is 0 Å². The van der Waals surface area contributed by atoms with Crippen LogP contribution in [-0.4, -0.2) is 18.5 Å². The van der Waals surface area contributed by atoms with Gasteiger partial charge in [0.25, 0.3) is 5.91 Å². The first-order chi connectivity index (χ1) is 10.5. The molecule has 0 fully saturated rings. The third-order valence-electron chi connectivity index (χ3n) is 3.81. The Kier molecular flexibility index (Phi) is 5.21. The lowest BCUT2D eigenvalue weighted by Gasteiger charge is -2.27. The minimum absolute atomic E-state index is 0.0675. The summed E-state index contributed by atoms with van der Waals surface area (Å²) in [5, 5.41) is 2.95. The number of carbonyl (C=O) groups excluding carboxylic acids is 1. The highest BCUT2D eigenvalue weighted by atomic mass is 16.1. The van der Waals surface area contributed by atoms with Gasteiger partial charge in [0.05, 0.1) is 0 Å². The van der Waals surface area contributed by atoms with E-state index in [-0.39, 0.29) is 5.91 Å². The summed E-state index contributed by atoms with van der Waals surface area (Å²) in [7, 11) is 0. The van der Waals surface area contributed by atoms with E-state index in [4.69, 9.17) is 0 Å². The fraction of sp³-hybridized carbons (Fsp3) is 0.316. The van der Waals surface area contributed by atoms with Crippen LogP contribution in [0.2, 0.25) is 0 Å². The second-order valence-electron chi connectivity index (χ2n) is 5.70. The van der Waals surface area contributed by atoms with Crippen LogP contribution in [0.3, 0.4) is 0 Å². The highest BCUT2D eigenvalue weighted by molar-refractivity contribution is 6.05. The van der Waals surface area contributed by atoms with Crippen LogP contribution in [0.1, 0.15) is 36.7 Å². The maximum atomic E-state index is 12.3. The fourth-order valence-corrected chi connectivity index (χ4v) is 2.61. The number of nitrogens with one attached hydrogen (secondary N) is 1. The molecular formula is C19H24N2O. The Morgan fingerprint density at radius 1 is 1.09 bits per heavy atom. The monoisotopic (exact) mass is 296 g/mol. The van der Waals surface area contributed by atoms with E-state index in [0.29, 0.717) is 11.6 Å². The summed E-state index contributed by atoms with van der Waals surface area (Å²) in [5.74, 6) is -0.0675. The first-order valence-electron chi connectivity index (χ1n) is 7.76. The Labute approximate surface area is 133 Å². The van der Waals surface area contributed by atoms with Crippen LogP contribution in [-0.2, 0) is 0 Å². The highest BCUT2D eigenvalue weighted by Crippen LogP contribution is 2.20. The first kappa shape index (κ1) is 16.1. The number of hydrogen-bond donors (Lipinski definition) is 1. The largest absolute Gasteiger partial charge is 0.369 e. The van der Waals surface area contributed by atoms with Gasteiger partial charge in [0.2, 0.25) is 0 Å². The average Bonchev–Trinajstić information content (AvgIpc) is 2.49. The van der Waals surface area contributed by atoms with Crippen molar-refractivity contribution in [3.8, 4) is 0 Å². The molecule has 0 saturated carbocycles. The summed E-state index contributed by atoms with van der Waals surface area (Å²) in [6.07, 6.45) is 0. The molecule has 1 N–H and O–H groups in total. The van der Waals surface area contributed by atoms with Gasteiger partial charge in [-0.25, -0.2) is 0 Å². The molecule has 3 nitrogen and oxygen atoms in total. The molecule has 0 aliphatic heterocycles. The van der Waals surface area contributed by atoms with E-state index in [0.717, 1.165) is 17.8 Å². The molecule has 22 heavy (non-hydrogen) atoms. The molecule has 0 unspecified atom stereocenters. The number of nitrogens with zero attached hydrogens (tertiary/aromatic N) is 1. The third-order valence-corrected chi connectivity index (χ3v) is 3.81. The van der Waals surface area contributed by atoms with Gasteiger partial charge in [-0.3, -0.25) is 4.79 Å². The quantitative estimate of drug-likeness (QED) is 0.882. The van der Waals surface area contributed by atoms with E-state index in [9.17, 15) is 4.79 Å². The zero-order valence-corrected chi connectivity index (χ0v) is 13.8. The Morgan fingerprint density at radius 3 is 2.27 bits per heavy atom. The van der Waals surface area contributed by atoms with Gasteiger partial charge in [-0.05, 0) is 63.6 Å². The van der Waals surface area contributed by atoms with Crippen LogP contribution in [0.25, 0.3) is 0 Å². The van der Waals surface area contributed by atoms with Crippen molar-refractivity contribution in [2.75, 3.05) is 16.8 Å². The van der Waals surface area contributed by atoms with Gasteiger partial charge in [-0.2, -0.15) is 0 Å². The molecule has 0 bridgehead atoms. The van der Waals surface area contributed by atoms with Crippen LogP contribution < -0.4 is 10.2 Å². The second-order valence-corrected chi connectivity index (χ2v) is 5.70. The molecule has 0 heterocycles. The van der Waals surface area contributed by atoms with Crippen LogP contribution in [0.5, 0.6) is 0 Å². The lowest BCUT2D eigenvalue weighted by atomic mass is 10.1. The van der Waals surface area contributed by atoms with E-state index in [1.165, 1.54) is 5.69 Å². The number of hydrogen-bond acceptors (Lipinski definition) is 2. The molecule has 1 amide bonds. The molecule has 2 aromatic carbocycles. The molecule has 0 saturated heterocycles. The molecule has 0 spiro atoms. The summed E-state index contributed by atoms with van der Waals surface area (Å²) in [6, 6.07) is 16.1. The van der Waals surface area contributed by atoms with Gasteiger partial charge in [0.15, 0.2) is 0 Å². The minimum atomic E-state index is -0.0675. The molecule has 2 aromatic rings. The standard InChI is InChI=1S/C19H24N2O/c1-5-21(14(2)3)17-12-10-16(11-13-17)20-19(22)18-9-7-6-8-15(18)4/h6-14H,5H2,1-4H3,(H,20,22). The lowest BCUT2D eigenvalue weighted by molar-refractivity contribution is 0.102. The van der Waals surface area contributed by atoms with Gasteiger partial charge in [0.1, 0.15) is 0 Å². The third kappa shape index (κ3) is 3.67.